The van der Waals surface area contributed by atoms with E-state index in [1.165, 1.54) is 12.1 Å². The van der Waals surface area contributed by atoms with Crippen LogP contribution in [0, 0.1) is 0 Å². The summed E-state index contributed by atoms with van der Waals surface area (Å²) in [7, 11) is -3.72. The Bertz CT molecular complexity index is 1590. The second-order valence-electron chi connectivity index (χ2n) is 7.43. The number of anilines is 3. The van der Waals surface area contributed by atoms with Crippen LogP contribution >= 0.6 is 23.2 Å². The average molecular weight is 494 g/mol. The molecule has 0 unspecified atom stereocenters. The highest BCUT2D eigenvalue weighted by Gasteiger charge is 2.14. The van der Waals surface area contributed by atoms with Crippen LogP contribution in [0.5, 0.6) is 0 Å². The first-order chi connectivity index (χ1) is 15.9. The Kier molecular flexibility index (Phi) is 5.58. The summed E-state index contributed by atoms with van der Waals surface area (Å²) in [5, 5.41) is 6.40. The first kappa shape index (κ1) is 21.5. The van der Waals surface area contributed by atoms with Crippen molar-refractivity contribution in [3.63, 3.8) is 0 Å². The van der Waals surface area contributed by atoms with Crippen LogP contribution in [0.1, 0.15) is 0 Å². The molecule has 0 radical (unpaired) electrons. The first-order valence-electron chi connectivity index (χ1n) is 10.0. The maximum atomic E-state index is 12.6. The van der Waals surface area contributed by atoms with Gasteiger partial charge in [-0.25, -0.2) is 13.4 Å². The van der Waals surface area contributed by atoms with Gasteiger partial charge in [-0.3, -0.25) is 4.72 Å². The van der Waals surface area contributed by atoms with Gasteiger partial charge in [-0.05, 0) is 72.8 Å². The van der Waals surface area contributed by atoms with Crippen molar-refractivity contribution < 1.29 is 8.42 Å². The summed E-state index contributed by atoms with van der Waals surface area (Å²) in [6, 6.07) is 26.5. The highest BCUT2D eigenvalue weighted by Crippen LogP contribution is 2.34. The molecule has 0 fully saturated rings. The van der Waals surface area contributed by atoms with Gasteiger partial charge in [0.15, 0.2) is 0 Å². The quantitative estimate of drug-likeness (QED) is 0.253. The van der Waals surface area contributed by atoms with E-state index in [9.17, 15) is 8.42 Å². The van der Waals surface area contributed by atoms with Gasteiger partial charge in [0, 0.05) is 32.2 Å². The van der Waals surface area contributed by atoms with Crippen LogP contribution in [0.4, 0.5) is 17.1 Å². The number of para-hydroxylation sites is 1. The third kappa shape index (κ3) is 4.46. The van der Waals surface area contributed by atoms with Crippen LogP contribution in [-0.4, -0.2) is 13.4 Å². The van der Waals surface area contributed by atoms with Crippen molar-refractivity contribution in [3.05, 3.63) is 101 Å². The zero-order valence-corrected chi connectivity index (χ0v) is 19.4. The maximum absolute atomic E-state index is 12.6. The number of nitrogens with one attached hydrogen (secondary N) is 2. The van der Waals surface area contributed by atoms with E-state index in [4.69, 9.17) is 28.2 Å². The minimum atomic E-state index is -3.72. The van der Waals surface area contributed by atoms with Gasteiger partial charge in [0.05, 0.1) is 21.6 Å². The van der Waals surface area contributed by atoms with Gasteiger partial charge >= 0.3 is 0 Å². The van der Waals surface area contributed by atoms with Crippen LogP contribution in [0.15, 0.2) is 95.9 Å². The minimum Gasteiger partial charge on any atom is -0.354 e. The highest BCUT2D eigenvalue weighted by atomic mass is 35.5. The average Bonchev–Trinajstić information content (AvgIpc) is 2.80. The Morgan fingerprint density at radius 1 is 0.667 bits per heavy atom. The number of halogens is 2. The highest BCUT2D eigenvalue weighted by molar-refractivity contribution is 7.92. The molecular weight excluding hydrogens is 477 g/mol. The van der Waals surface area contributed by atoms with Crippen molar-refractivity contribution >= 4 is 72.1 Å². The molecule has 0 saturated heterocycles. The molecule has 0 aliphatic heterocycles. The number of rotatable bonds is 5. The fraction of sp³-hybridized carbons (Fsp3) is 0. The van der Waals surface area contributed by atoms with Crippen molar-refractivity contribution in [1.29, 1.82) is 0 Å². The Balaban J connectivity index is 1.47. The first-order valence-corrected chi connectivity index (χ1v) is 12.3. The summed E-state index contributed by atoms with van der Waals surface area (Å²) in [5.41, 5.74) is 3.81. The Hall–Kier alpha value is -3.32. The van der Waals surface area contributed by atoms with Crippen LogP contribution in [-0.2, 0) is 10.0 Å². The van der Waals surface area contributed by atoms with E-state index in [-0.39, 0.29) is 4.90 Å². The zero-order valence-electron chi connectivity index (χ0n) is 17.1. The summed E-state index contributed by atoms with van der Waals surface area (Å²) in [4.78, 5) is 4.87. The van der Waals surface area contributed by atoms with Crippen molar-refractivity contribution in [1.82, 2.24) is 4.98 Å². The number of fused-ring (bicyclic) bond motifs is 2. The molecule has 8 heteroatoms. The molecule has 0 amide bonds. The number of pyridine rings is 1. The zero-order chi connectivity index (χ0) is 23.0. The van der Waals surface area contributed by atoms with Crippen molar-refractivity contribution in [2.75, 3.05) is 10.0 Å². The van der Waals surface area contributed by atoms with Gasteiger partial charge in [0.25, 0.3) is 10.0 Å². The third-order valence-electron chi connectivity index (χ3n) is 5.17. The van der Waals surface area contributed by atoms with Gasteiger partial charge in [0.1, 0.15) is 0 Å². The lowest BCUT2D eigenvalue weighted by Crippen LogP contribution is -2.12. The summed E-state index contributed by atoms with van der Waals surface area (Å²) >= 11 is 12.1. The van der Waals surface area contributed by atoms with Crippen molar-refractivity contribution in [3.8, 4) is 0 Å². The summed E-state index contributed by atoms with van der Waals surface area (Å²) in [6.07, 6.45) is 0. The summed E-state index contributed by atoms with van der Waals surface area (Å²) < 4.78 is 27.8. The van der Waals surface area contributed by atoms with E-state index in [0.29, 0.717) is 15.7 Å². The monoisotopic (exact) mass is 493 g/mol. The molecule has 5 nitrogen and oxygen atoms in total. The van der Waals surface area contributed by atoms with E-state index in [1.54, 1.807) is 24.3 Å². The SMILES string of the molecule is O=S(=O)(Nc1ccc(Nc2c3ccccc3nc3ccc(Cl)cc23)cc1)c1ccc(Cl)cc1. The Morgan fingerprint density at radius 3 is 2.06 bits per heavy atom. The lowest BCUT2D eigenvalue weighted by Gasteiger charge is -2.14. The van der Waals surface area contributed by atoms with E-state index in [1.807, 2.05) is 54.6 Å². The maximum Gasteiger partial charge on any atom is 0.261 e. The van der Waals surface area contributed by atoms with Gasteiger partial charge in [0.2, 0.25) is 0 Å². The van der Waals surface area contributed by atoms with Gasteiger partial charge in [-0.1, -0.05) is 41.4 Å². The number of nitrogens with zero attached hydrogens (tertiary/aromatic N) is 1. The fourth-order valence-corrected chi connectivity index (χ4v) is 4.95. The van der Waals surface area contributed by atoms with Gasteiger partial charge in [-0.15, -0.1) is 0 Å². The van der Waals surface area contributed by atoms with Crippen LogP contribution in [0.3, 0.4) is 0 Å². The van der Waals surface area contributed by atoms with E-state index >= 15 is 0 Å². The molecule has 0 spiro atoms. The Labute approximate surface area is 201 Å². The molecule has 5 aromatic rings. The molecule has 1 heterocycles. The normalized spacial score (nSPS) is 11.6. The summed E-state index contributed by atoms with van der Waals surface area (Å²) in [6.45, 7) is 0. The van der Waals surface area contributed by atoms with Gasteiger partial charge in [-0.2, -0.15) is 0 Å². The molecule has 0 atom stereocenters. The molecule has 1 aromatic heterocycles. The lowest BCUT2D eigenvalue weighted by atomic mass is 10.1. The fourth-order valence-electron chi connectivity index (χ4n) is 3.59. The second-order valence-corrected chi connectivity index (χ2v) is 9.98. The molecule has 164 valence electrons. The molecular formula is C25H17Cl2N3O2S. The molecule has 2 N–H and O–H groups in total. The van der Waals surface area contributed by atoms with Crippen molar-refractivity contribution in [2.45, 2.75) is 4.90 Å². The smallest absolute Gasteiger partial charge is 0.261 e. The predicted octanol–water partition coefficient (Wildman–Crippen LogP) is 7.24. The lowest BCUT2D eigenvalue weighted by molar-refractivity contribution is 0.601. The number of benzene rings is 4. The van der Waals surface area contributed by atoms with Crippen LogP contribution in [0.2, 0.25) is 10.0 Å². The number of sulfonamides is 1. The standard InChI is InChI=1S/C25H17Cl2N3O2S/c26-16-5-12-20(13-6-16)33(31,32)30-19-10-8-18(9-11-19)28-25-21-3-1-2-4-23(21)29-24-14-7-17(27)15-22(24)25/h1-15,30H,(H,28,29). The van der Waals surface area contributed by atoms with Crippen LogP contribution < -0.4 is 10.0 Å². The molecule has 0 bridgehead atoms. The summed E-state index contributed by atoms with van der Waals surface area (Å²) in [5.74, 6) is 0. The van der Waals surface area contributed by atoms with Gasteiger partial charge < -0.3 is 5.32 Å². The number of aromatic nitrogens is 1. The molecule has 5 rings (SSSR count). The third-order valence-corrected chi connectivity index (χ3v) is 7.06. The van der Waals surface area contributed by atoms with Crippen LogP contribution in [0.25, 0.3) is 21.8 Å². The molecule has 33 heavy (non-hydrogen) atoms. The van der Waals surface area contributed by atoms with E-state index < -0.39 is 10.0 Å². The Morgan fingerprint density at radius 2 is 1.30 bits per heavy atom. The number of hydrogen-bond acceptors (Lipinski definition) is 4. The largest absolute Gasteiger partial charge is 0.354 e. The van der Waals surface area contributed by atoms with Crippen molar-refractivity contribution in [2.24, 2.45) is 0 Å². The molecule has 0 aliphatic rings. The molecule has 0 saturated carbocycles. The molecule has 4 aromatic carbocycles. The number of hydrogen-bond donors (Lipinski definition) is 2. The van der Waals surface area contributed by atoms with E-state index in [0.717, 1.165) is 33.2 Å². The minimum absolute atomic E-state index is 0.140. The second kappa shape index (κ2) is 8.56. The van der Waals surface area contributed by atoms with E-state index in [2.05, 4.69) is 10.0 Å². The predicted molar refractivity (Wildman–Crippen MR) is 136 cm³/mol. The molecule has 0 aliphatic carbocycles. The topological polar surface area (TPSA) is 71.1 Å².